The molecule has 2 amide bonds. The molecule has 1 aliphatic heterocycles. The fourth-order valence-corrected chi connectivity index (χ4v) is 5.33. The summed E-state index contributed by atoms with van der Waals surface area (Å²) in [5.74, 6) is -1.53. The lowest BCUT2D eigenvalue weighted by atomic mass is 10.1. The number of aromatic nitrogens is 1. The normalized spacial score (nSPS) is 13.5. The molecule has 1 aromatic heterocycles. The molecular formula is C29H21N3O8S. The van der Waals surface area contributed by atoms with E-state index in [1.54, 1.807) is 42.5 Å². The van der Waals surface area contributed by atoms with Crippen LogP contribution in [-0.4, -0.2) is 42.9 Å². The van der Waals surface area contributed by atoms with Gasteiger partial charge in [-0.2, -0.15) is 4.90 Å². The Kier molecular flexibility index (Phi) is 7.48. The topological polar surface area (TPSA) is 132 Å². The number of fused-ring (bicyclic) bond motifs is 1. The maximum atomic E-state index is 14.2. The van der Waals surface area contributed by atoms with Crippen LogP contribution in [-0.2, 0) is 19.6 Å². The molecule has 0 spiro atoms. The lowest BCUT2D eigenvalue weighted by Crippen LogP contribution is -2.46. The molecule has 2 heterocycles. The number of benzene rings is 3. The number of carbonyl (C=O) groups excluding carboxylic acids is 3. The molecule has 11 nitrogen and oxygen atoms in total. The van der Waals surface area contributed by atoms with Gasteiger partial charge in [0.15, 0.2) is 11.5 Å². The average Bonchev–Trinajstić information content (AvgIpc) is 2.98. The molecule has 5 rings (SSSR count). The lowest BCUT2D eigenvalue weighted by Gasteiger charge is -2.31. The summed E-state index contributed by atoms with van der Waals surface area (Å²) in [4.78, 5) is 44.9. The third-order valence-electron chi connectivity index (χ3n) is 5.84. The highest BCUT2D eigenvalue weighted by molar-refractivity contribution is 7.89. The van der Waals surface area contributed by atoms with Crippen LogP contribution in [0.15, 0.2) is 120 Å². The van der Waals surface area contributed by atoms with Crippen LogP contribution in [0.3, 0.4) is 0 Å². The molecule has 0 atom stereocenters. The highest BCUT2D eigenvalue weighted by atomic mass is 32.2. The van der Waals surface area contributed by atoms with Crippen molar-refractivity contribution >= 4 is 39.8 Å². The van der Waals surface area contributed by atoms with Gasteiger partial charge in [-0.15, -0.1) is 0 Å². The van der Waals surface area contributed by atoms with Gasteiger partial charge >= 0.3 is 12.2 Å². The van der Waals surface area contributed by atoms with Crippen LogP contribution in [0.2, 0.25) is 0 Å². The molecule has 3 aromatic carbocycles. The summed E-state index contributed by atoms with van der Waals surface area (Å²) in [6, 6.07) is 26.1. The minimum atomic E-state index is -4.32. The third-order valence-corrected chi connectivity index (χ3v) is 7.66. The van der Waals surface area contributed by atoms with Gasteiger partial charge in [0.2, 0.25) is 0 Å². The van der Waals surface area contributed by atoms with E-state index < -0.39 is 39.6 Å². The Bertz CT molecular complexity index is 1740. The van der Waals surface area contributed by atoms with Gasteiger partial charge in [-0.05, 0) is 48.5 Å². The number of nitrogens with zero attached hydrogens (tertiary/aromatic N) is 3. The van der Waals surface area contributed by atoms with E-state index in [1.165, 1.54) is 66.9 Å². The van der Waals surface area contributed by atoms with Crippen LogP contribution in [0.5, 0.6) is 11.5 Å². The number of imide groups is 1. The SMILES string of the molecule is CN1C(C(=O)N(C(=O)Oc2ccccc2)c2ccccn2)=C(OC(=O)Oc2ccccc2)c2ccccc2S1(=O)=O. The molecule has 0 radical (unpaired) electrons. The molecule has 1 aliphatic rings. The third kappa shape index (κ3) is 5.49. The Labute approximate surface area is 234 Å². The number of amides is 2. The van der Waals surface area contributed by atoms with Gasteiger partial charge in [-0.3, -0.25) is 9.10 Å². The van der Waals surface area contributed by atoms with Crippen LogP contribution in [0.25, 0.3) is 5.76 Å². The van der Waals surface area contributed by atoms with Gasteiger partial charge in [0.05, 0.1) is 4.90 Å². The average molecular weight is 572 g/mol. The van der Waals surface area contributed by atoms with Crippen molar-refractivity contribution in [2.45, 2.75) is 4.90 Å². The van der Waals surface area contributed by atoms with Crippen LogP contribution in [0.4, 0.5) is 15.4 Å². The molecule has 0 unspecified atom stereocenters. The first kappa shape index (κ1) is 27.1. The molecule has 0 N–H and O–H groups in total. The van der Waals surface area contributed by atoms with Crippen LogP contribution < -0.4 is 14.4 Å². The first-order valence-corrected chi connectivity index (χ1v) is 13.5. The van der Waals surface area contributed by atoms with Crippen LogP contribution in [0.1, 0.15) is 5.56 Å². The Morgan fingerprint density at radius 3 is 1.95 bits per heavy atom. The standard InChI is InChI=1S/C29H21N3O8S/c1-31-25(27(33)32(24-18-10-11-19-30-24)28(34)38-20-12-4-2-5-13-20)26(22-16-8-9-17-23(22)41(31,36)37)40-29(35)39-21-14-6-3-7-15-21/h2-19H,1H3. The first-order chi connectivity index (χ1) is 19.8. The summed E-state index contributed by atoms with van der Waals surface area (Å²) in [7, 11) is -3.22. The maximum absolute atomic E-state index is 14.2. The highest BCUT2D eigenvalue weighted by Crippen LogP contribution is 2.38. The molecule has 4 aromatic rings. The summed E-state index contributed by atoms with van der Waals surface area (Å²) >= 11 is 0. The van der Waals surface area contributed by atoms with E-state index in [4.69, 9.17) is 14.2 Å². The minimum absolute atomic E-state index is 0.0867. The second kappa shape index (κ2) is 11.3. The Morgan fingerprint density at radius 1 is 0.732 bits per heavy atom. The highest BCUT2D eigenvalue weighted by Gasteiger charge is 2.43. The molecule has 0 bridgehead atoms. The quantitative estimate of drug-likeness (QED) is 0.244. The van der Waals surface area contributed by atoms with Crippen molar-refractivity contribution in [2.75, 3.05) is 11.9 Å². The van der Waals surface area contributed by atoms with E-state index >= 15 is 0 Å². The van der Waals surface area contributed by atoms with E-state index in [9.17, 15) is 22.8 Å². The molecule has 0 aliphatic carbocycles. The first-order valence-electron chi connectivity index (χ1n) is 12.1. The van der Waals surface area contributed by atoms with Crippen molar-refractivity contribution in [1.29, 1.82) is 0 Å². The number of para-hydroxylation sites is 2. The van der Waals surface area contributed by atoms with Crippen molar-refractivity contribution in [3.8, 4) is 11.5 Å². The predicted octanol–water partition coefficient (Wildman–Crippen LogP) is 4.83. The predicted molar refractivity (Wildman–Crippen MR) is 146 cm³/mol. The van der Waals surface area contributed by atoms with Crippen molar-refractivity contribution in [2.24, 2.45) is 0 Å². The number of rotatable bonds is 5. The zero-order chi connectivity index (χ0) is 29.0. The summed E-state index contributed by atoms with van der Waals surface area (Å²) < 4.78 is 43.7. The van der Waals surface area contributed by atoms with Crippen molar-refractivity contribution in [1.82, 2.24) is 9.29 Å². The smallest absolute Gasteiger partial charge is 0.410 e. The fourth-order valence-electron chi connectivity index (χ4n) is 3.95. The van der Waals surface area contributed by atoms with E-state index in [1.807, 2.05) is 0 Å². The van der Waals surface area contributed by atoms with Crippen molar-refractivity contribution in [3.05, 3.63) is 121 Å². The zero-order valence-electron chi connectivity index (χ0n) is 21.4. The number of pyridine rings is 1. The summed E-state index contributed by atoms with van der Waals surface area (Å²) in [5.41, 5.74) is -0.735. The van der Waals surface area contributed by atoms with E-state index in [-0.39, 0.29) is 27.8 Å². The second-order valence-corrected chi connectivity index (χ2v) is 10.4. The number of likely N-dealkylation sites (N-methyl/N-ethyl adjacent to an activating group) is 1. The number of anilines is 1. The van der Waals surface area contributed by atoms with Crippen molar-refractivity contribution in [3.63, 3.8) is 0 Å². The van der Waals surface area contributed by atoms with E-state index in [2.05, 4.69) is 4.98 Å². The number of sulfonamides is 1. The van der Waals surface area contributed by atoms with Gasteiger partial charge in [-0.25, -0.2) is 23.0 Å². The van der Waals surface area contributed by atoms with Crippen LogP contribution >= 0.6 is 0 Å². The van der Waals surface area contributed by atoms with Crippen LogP contribution in [0, 0.1) is 0 Å². The maximum Gasteiger partial charge on any atom is 0.519 e. The molecule has 206 valence electrons. The minimum Gasteiger partial charge on any atom is -0.410 e. The van der Waals surface area contributed by atoms with Crippen molar-refractivity contribution < 1.29 is 37.0 Å². The molecular weight excluding hydrogens is 550 g/mol. The number of hydrogen-bond acceptors (Lipinski definition) is 9. The molecule has 0 fully saturated rings. The zero-order valence-corrected chi connectivity index (χ0v) is 22.2. The Hall–Kier alpha value is -5.49. The van der Waals surface area contributed by atoms with Gasteiger partial charge in [0.1, 0.15) is 17.3 Å². The van der Waals surface area contributed by atoms with Gasteiger partial charge in [-0.1, -0.05) is 54.6 Å². The summed E-state index contributed by atoms with van der Waals surface area (Å²) in [6.07, 6.45) is -1.08. The monoisotopic (exact) mass is 571 g/mol. The Balaban J connectivity index is 1.64. The number of ether oxygens (including phenoxy) is 3. The molecule has 0 saturated carbocycles. The lowest BCUT2D eigenvalue weighted by molar-refractivity contribution is -0.115. The molecule has 12 heteroatoms. The number of carbonyl (C=O) groups is 3. The second-order valence-electron chi connectivity index (χ2n) is 8.42. The van der Waals surface area contributed by atoms with E-state index in [0.29, 0.717) is 9.21 Å². The summed E-state index contributed by atoms with van der Waals surface area (Å²) in [5, 5.41) is 0. The largest absolute Gasteiger partial charge is 0.519 e. The fraction of sp³-hybridized carbons (Fsp3) is 0.0345. The van der Waals surface area contributed by atoms with E-state index in [0.717, 1.165) is 7.05 Å². The number of hydrogen-bond donors (Lipinski definition) is 0. The van der Waals surface area contributed by atoms with Gasteiger partial charge in [0.25, 0.3) is 15.9 Å². The van der Waals surface area contributed by atoms with Gasteiger partial charge < -0.3 is 14.2 Å². The summed E-state index contributed by atoms with van der Waals surface area (Å²) in [6.45, 7) is 0. The molecule has 41 heavy (non-hydrogen) atoms. The Morgan fingerprint density at radius 2 is 1.32 bits per heavy atom. The molecule has 0 saturated heterocycles. The van der Waals surface area contributed by atoms with Gasteiger partial charge in [0, 0.05) is 18.8 Å².